The average Bonchev–Trinajstić information content (AvgIpc) is 0.918. The molecule has 4 heavy (non-hydrogen) atoms. The van der Waals surface area contributed by atoms with Crippen LogP contribution >= 0.6 is 0 Å². The molecule has 0 spiro atoms. The molecule has 0 saturated carbocycles. The van der Waals surface area contributed by atoms with Crippen LogP contribution in [-0.4, -0.2) is 28.1 Å². The van der Waals surface area contributed by atoms with E-state index in [1.807, 2.05) is 0 Å². The Morgan fingerprint density at radius 2 is 1.25 bits per heavy atom. The van der Waals surface area contributed by atoms with Gasteiger partial charge in [-0.05, 0) is 0 Å². The first kappa shape index (κ1) is 9.03. The van der Waals surface area contributed by atoms with Crippen LogP contribution in [0, 0.1) is 0 Å². The summed E-state index contributed by atoms with van der Waals surface area (Å²) in [5, 5.41) is 0. The maximum absolute atomic E-state index is 2.26. The predicted octanol–water partition coefficient (Wildman–Crippen LogP) is -2.48. The van der Waals surface area contributed by atoms with Crippen LogP contribution in [0.3, 0.4) is 0 Å². The van der Waals surface area contributed by atoms with Crippen molar-refractivity contribution in [2.24, 2.45) is 0 Å². The summed E-state index contributed by atoms with van der Waals surface area (Å²) in [5.74, 6) is 0. The number of rotatable bonds is 0. The van der Waals surface area contributed by atoms with Crippen molar-refractivity contribution in [3.63, 3.8) is 0 Å². The van der Waals surface area contributed by atoms with Crippen molar-refractivity contribution in [3.05, 3.63) is 0 Å². The molecule has 0 aromatic carbocycles. The van der Waals surface area contributed by atoms with E-state index < -0.39 is 0 Å². The molecule has 0 saturated heterocycles. The minimum Gasteiger partial charge on any atom is 0 e. The number of hydrogen-bond acceptors (Lipinski definition) is 0. The fraction of sp³-hybridized carbons (Fsp3) is 0. The Morgan fingerprint density at radius 3 is 1.25 bits per heavy atom. The maximum atomic E-state index is 2.26. The van der Waals surface area contributed by atoms with Gasteiger partial charge in [0.15, 0.2) is 0 Å². The Bertz CT molecular complexity index is 6.00. The van der Waals surface area contributed by atoms with Crippen molar-refractivity contribution < 1.29 is 21.7 Å². The minimum atomic E-state index is 0. The molecule has 0 unspecified atom stereocenters. The van der Waals surface area contributed by atoms with E-state index in [4.69, 9.17) is 0 Å². The Morgan fingerprint density at radius 1 is 1.25 bits per heavy atom. The van der Waals surface area contributed by atoms with Gasteiger partial charge in [-0.3, -0.25) is 0 Å². The standard InChI is InChI=1S/Al.2BH2.Ti.H/h;2*1H2;;/q-2;2*+1;;. The summed E-state index contributed by atoms with van der Waals surface area (Å²) in [6, 6.07) is 0. The topological polar surface area (TPSA) is 0 Å². The molecule has 0 radical (unpaired) electrons. The van der Waals surface area contributed by atoms with Gasteiger partial charge in [-0.1, -0.05) is 0 Å². The summed E-state index contributed by atoms with van der Waals surface area (Å²) < 4.78 is 0. The van der Waals surface area contributed by atoms with Crippen LogP contribution in [-0.2, 0) is 21.7 Å². The van der Waals surface area contributed by atoms with Crippen LogP contribution < -0.4 is 0 Å². The molecule has 0 fully saturated rings. The molecule has 0 atom stereocenters. The zero-order valence-electron chi connectivity index (χ0n) is 3.21. The van der Waals surface area contributed by atoms with Gasteiger partial charge in [0.2, 0.25) is 0 Å². The van der Waals surface area contributed by atoms with Crippen LogP contribution in [0.1, 0.15) is 0 Å². The fourth-order valence-electron chi connectivity index (χ4n) is 0. The molecule has 0 aromatic heterocycles. The fourth-order valence-corrected chi connectivity index (χ4v) is 0. The van der Waals surface area contributed by atoms with Gasteiger partial charge in [-0.25, -0.2) is 0 Å². The van der Waals surface area contributed by atoms with Crippen molar-refractivity contribution in [2.45, 2.75) is 0 Å². The molecule has 0 rings (SSSR count). The first-order valence-electron chi connectivity index (χ1n) is 1.41. The van der Waals surface area contributed by atoms with E-state index in [0.717, 1.165) is 0 Å². The Balaban J connectivity index is 0. The van der Waals surface area contributed by atoms with Crippen LogP contribution in [0.5, 0.6) is 0 Å². The van der Waals surface area contributed by atoms with Crippen molar-refractivity contribution in [3.8, 4) is 0 Å². The molecule has 18 valence electrons. The molecule has 0 aliphatic heterocycles. The third-order valence-corrected chi connectivity index (χ3v) is 0. The zero-order chi connectivity index (χ0) is 2.71. The molecule has 0 aliphatic rings. The van der Waals surface area contributed by atoms with E-state index in [1.54, 1.807) is 0 Å². The Hall–Kier alpha value is 1.38. The van der Waals surface area contributed by atoms with E-state index in [2.05, 4.69) is 13.2 Å². The third kappa shape index (κ3) is 10.1. The van der Waals surface area contributed by atoms with Crippen molar-refractivity contribution in [2.75, 3.05) is 0 Å². The second kappa shape index (κ2) is 8.83. The second-order valence-electron chi connectivity index (χ2n) is 0.707. The summed E-state index contributed by atoms with van der Waals surface area (Å²) in [5.41, 5.74) is 0. The van der Waals surface area contributed by atoms with Gasteiger partial charge in [-0.2, -0.15) is 0 Å². The normalized spacial score (nSPS) is 3.00. The third-order valence-electron chi connectivity index (χ3n) is 0. The quantitative estimate of drug-likeness (QED) is 0.297. The predicted molar refractivity (Wildman–Crippen MR) is 24.2 cm³/mol. The van der Waals surface area contributed by atoms with Gasteiger partial charge < -0.3 is 0 Å². The maximum Gasteiger partial charge on any atom is 0.145 e. The van der Waals surface area contributed by atoms with E-state index in [9.17, 15) is 0 Å². The molecule has 0 aliphatic carbocycles. The summed E-state index contributed by atoms with van der Waals surface area (Å²) in [7, 11) is 0. The van der Waals surface area contributed by atoms with Gasteiger partial charge in [-0.15, -0.1) is 0 Å². The molecule has 4 heteroatoms. The van der Waals surface area contributed by atoms with Gasteiger partial charge >= 0.3 is 0 Å². The van der Waals surface area contributed by atoms with E-state index in [1.165, 1.54) is 0 Å². The molecular weight excluding hydrogens is 96.5 g/mol. The molecular formula is H5AlB2Ti. The van der Waals surface area contributed by atoms with Crippen LogP contribution in [0.15, 0.2) is 0 Å². The summed E-state index contributed by atoms with van der Waals surface area (Å²) in [6.07, 6.45) is 0. The van der Waals surface area contributed by atoms with E-state index in [-0.39, 0.29) is 21.7 Å². The van der Waals surface area contributed by atoms with Crippen molar-refractivity contribution in [1.29, 1.82) is 0 Å². The van der Waals surface area contributed by atoms with E-state index >= 15 is 0 Å². The largest absolute Gasteiger partial charge is 0.145 e. The molecule has 0 heterocycles. The van der Waals surface area contributed by atoms with Gasteiger partial charge in [0.25, 0.3) is 0 Å². The average molecular weight is 102 g/mol. The minimum absolute atomic E-state index is 0. The van der Waals surface area contributed by atoms with Gasteiger partial charge in [0, 0.05) is 35.0 Å². The smallest absolute Gasteiger partial charge is 0 e. The molecule has 0 N–H and O–H groups in total. The second-order valence-corrected chi connectivity index (χ2v) is 2.12. The SMILES string of the molecule is [BH2][AlH][BH2].[Ti]. The van der Waals surface area contributed by atoms with Crippen LogP contribution in [0.2, 0.25) is 0 Å². The molecule has 0 nitrogen and oxygen atoms in total. The first-order chi connectivity index (χ1) is 1.41. The Kier molecular flexibility index (Phi) is 20.0. The van der Waals surface area contributed by atoms with Crippen LogP contribution in [0.4, 0.5) is 0 Å². The zero-order valence-corrected chi connectivity index (χ0v) is 6.18. The van der Waals surface area contributed by atoms with Gasteiger partial charge in [0.1, 0.15) is 14.9 Å². The van der Waals surface area contributed by atoms with Crippen molar-refractivity contribution in [1.82, 2.24) is 0 Å². The summed E-state index contributed by atoms with van der Waals surface area (Å²) in [4.78, 5) is 0. The van der Waals surface area contributed by atoms with E-state index in [0.29, 0.717) is 14.9 Å². The van der Waals surface area contributed by atoms with Crippen molar-refractivity contribution >= 4 is 28.1 Å². The molecule has 0 amide bonds. The molecule has 0 bridgehead atoms. The first-order valence-corrected chi connectivity index (χ1v) is 4.24. The number of hydrogen-bond donors (Lipinski definition) is 0. The Labute approximate surface area is 49.8 Å². The summed E-state index contributed by atoms with van der Waals surface area (Å²) in [6.45, 7) is 4.53. The molecule has 0 aromatic rings. The van der Waals surface area contributed by atoms with Crippen LogP contribution in [0.25, 0.3) is 0 Å². The monoisotopic (exact) mass is 102 g/mol. The van der Waals surface area contributed by atoms with Gasteiger partial charge in [0.05, 0.1) is 0 Å². The summed E-state index contributed by atoms with van der Waals surface area (Å²) >= 11 is 0.417.